The van der Waals surface area contributed by atoms with Crippen molar-refractivity contribution in [2.75, 3.05) is 31.6 Å². The maximum Gasteiger partial charge on any atom is 0.264 e. The molecule has 2 aliphatic heterocycles. The molecule has 0 radical (unpaired) electrons. The van der Waals surface area contributed by atoms with Gasteiger partial charge in [0.25, 0.3) is 5.91 Å². The van der Waals surface area contributed by atoms with Crippen LogP contribution in [0.2, 0.25) is 5.02 Å². The van der Waals surface area contributed by atoms with Crippen molar-refractivity contribution in [2.24, 2.45) is 17.8 Å². The van der Waals surface area contributed by atoms with Gasteiger partial charge in [0.2, 0.25) is 15.9 Å². The fourth-order valence-electron chi connectivity index (χ4n) is 8.36. The summed E-state index contributed by atoms with van der Waals surface area (Å²) < 4.78 is 35.6. The van der Waals surface area contributed by atoms with Crippen molar-refractivity contribution < 1.29 is 27.9 Å². The molecule has 0 unspecified atom stereocenters. The number of ether oxygens (including phenoxy) is 1. The van der Waals surface area contributed by atoms with E-state index in [1.54, 1.807) is 32.2 Å². The van der Waals surface area contributed by atoms with E-state index in [1.807, 2.05) is 13.0 Å². The van der Waals surface area contributed by atoms with Gasteiger partial charge >= 0.3 is 0 Å². The number of anilines is 1. The number of halogens is 1. The topological polar surface area (TPSA) is 125 Å². The summed E-state index contributed by atoms with van der Waals surface area (Å²) in [4.78, 5) is 28.4. The van der Waals surface area contributed by atoms with Crippen molar-refractivity contribution in [2.45, 2.75) is 87.9 Å². The van der Waals surface area contributed by atoms with Gasteiger partial charge in [-0.1, -0.05) is 31.0 Å². The number of carbonyl (C=O) groups excluding carboxylic acids is 2. The van der Waals surface area contributed by atoms with E-state index in [2.05, 4.69) is 27.1 Å². The lowest BCUT2D eigenvalue weighted by atomic mass is 9.61. The lowest BCUT2D eigenvalue weighted by Gasteiger charge is -2.50. The number of nitrogens with one attached hydrogen (secondary N) is 2. The Morgan fingerprint density at radius 1 is 1.13 bits per heavy atom. The first-order valence-electron chi connectivity index (χ1n) is 16.6. The van der Waals surface area contributed by atoms with E-state index >= 15 is 0 Å². The van der Waals surface area contributed by atoms with Crippen molar-refractivity contribution in [1.82, 2.24) is 10.0 Å². The molecule has 1 spiro atoms. The number of carbonyl (C=O) groups is 2. The highest BCUT2D eigenvalue weighted by molar-refractivity contribution is 7.90. The second-order valence-electron chi connectivity index (χ2n) is 14.2. The molecule has 2 bridgehead atoms. The number of nitrogens with zero attached hydrogens (tertiary/aromatic N) is 1. The zero-order valence-electron chi connectivity index (χ0n) is 27.0. The van der Waals surface area contributed by atoms with Crippen molar-refractivity contribution >= 4 is 39.1 Å². The van der Waals surface area contributed by atoms with Crippen LogP contribution in [0.1, 0.15) is 86.7 Å². The fourth-order valence-corrected chi connectivity index (χ4v) is 9.86. The van der Waals surface area contributed by atoms with E-state index in [4.69, 9.17) is 16.3 Å². The van der Waals surface area contributed by atoms with Crippen LogP contribution in [0.3, 0.4) is 0 Å². The standard InChI is InChI=1S/C35H46ClN3O6S/c1-22-6-4-15-35(42,18-32(40)37-3)29-11-8-26(29)19-39-20-34(14-5-7-24-16-27(36)10-12-28(24)34)21-45-31-13-9-25(17-30(31)39)33(41)38-46(43,44)23(22)2/h9-10,12-13,16-17,22-23,26,29,42H,4-8,11,14-15,18-21H2,1-3H3,(H,37,40)(H,38,41)/t22-,23+,26-,29+,34-,35-/m0/s1. The number of aliphatic hydroxyl groups is 1. The van der Waals surface area contributed by atoms with Crippen LogP contribution < -0.4 is 19.7 Å². The van der Waals surface area contributed by atoms with Gasteiger partial charge in [-0.05, 0) is 111 Å². The molecule has 4 aliphatic rings. The van der Waals surface area contributed by atoms with Crippen LogP contribution in [-0.4, -0.2) is 62.9 Å². The molecule has 2 aromatic carbocycles. The number of hydrogen-bond acceptors (Lipinski definition) is 7. The second kappa shape index (κ2) is 12.7. The lowest BCUT2D eigenvalue weighted by Crippen LogP contribution is -2.54. The van der Waals surface area contributed by atoms with E-state index in [0.29, 0.717) is 49.7 Å². The minimum absolute atomic E-state index is 0.00484. The summed E-state index contributed by atoms with van der Waals surface area (Å²) in [7, 11) is -2.39. The fraction of sp³-hybridized carbons (Fsp3) is 0.600. The number of amides is 2. The third kappa shape index (κ3) is 6.24. The molecule has 2 aliphatic carbocycles. The largest absolute Gasteiger partial charge is 0.490 e. The average Bonchev–Trinajstić information content (AvgIpc) is 3.14. The van der Waals surface area contributed by atoms with E-state index in [9.17, 15) is 23.1 Å². The van der Waals surface area contributed by atoms with Crippen molar-refractivity contribution in [1.29, 1.82) is 0 Å². The summed E-state index contributed by atoms with van der Waals surface area (Å²) in [6.07, 6.45) is 6.08. The third-order valence-electron chi connectivity index (χ3n) is 11.4. The van der Waals surface area contributed by atoms with Gasteiger partial charge in [0, 0.05) is 36.1 Å². The summed E-state index contributed by atoms with van der Waals surface area (Å²) in [5, 5.41) is 14.8. The summed E-state index contributed by atoms with van der Waals surface area (Å²) in [6.45, 7) is 5.16. The van der Waals surface area contributed by atoms with E-state index in [-0.39, 0.29) is 41.1 Å². The molecule has 9 nitrogen and oxygen atoms in total. The smallest absolute Gasteiger partial charge is 0.264 e. The summed E-state index contributed by atoms with van der Waals surface area (Å²) in [5.74, 6) is -0.470. The monoisotopic (exact) mass is 671 g/mol. The SMILES string of the molecule is CNC(=O)C[C@@]1(O)CCC[C@H](C)[C@@H](C)S(=O)(=O)NC(=O)c2ccc3c(c2)N(C[C@@H]2CC[C@H]21)C[C@@]1(CCCc2cc(Cl)ccc21)CO3. The molecule has 2 heterocycles. The Morgan fingerprint density at radius 2 is 1.93 bits per heavy atom. The number of hydrogen-bond donors (Lipinski definition) is 3. The molecule has 6 atom stereocenters. The Balaban J connectivity index is 1.44. The van der Waals surface area contributed by atoms with Crippen LogP contribution >= 0.6 is 11.6 Å². The number of benzene rings is 2. The van der Waals surface area contributed by atoms with E-state index in [0.717, 1.165) is 37.8 Å². The van der Waals surface area contributed by atoms with Gasteiger partial charge in [0.1, 0.15) is 5.75 Å². The summed E-state index contributed by atoms with van der Waals surface area (Å²) >= 11 is 6.41. The first-order valence-corrected chi connectivity index (χ1v) is 18.6. The molecule has 1 fully saturated rings. The van der Waals surface area contributed by atoms with Crippen molar-refractivity contribution in [3.63, 3.8) is 0 Å². The second-order valence-corrected chi connectivity index (χ2v) is 16.7. The van der Waals surface area contributed by atoms with E-state index in [1.165, 1.54) is 11.1 Å². The Bertz CT molecular complexity index is 1620. The molecule has 0 saturated heterocycles. The van der Waals surface area contributed by atoms with Gasteiger partial charge in [0.05, 0.1) is 29.6 Å². The zero-order chi connectivity index (χ0) is 32.9. The quantitative estimate of drug-likeness (QED) is 0.412. The van der Waals surface area contributed by atoms with Gasteiger partial charge in [-0.2, -0.15) is 0 Å². The number of rotatable bonds is 2. The van der Waals surface area contributed by atoms with Crippen molar-refractivity contribution in [3.8, 4) is 5.75 Å². The third-order valence-corrected chi connectivity index (χ3v) is 13.6. The molecule has 1 saturated carbocycles. The van der Waals surface area contributed by atoms with Crippen LogP contribution in [0.15, 0.2) is 36.4 Å². The minimum Gasteiger partial charge on any atom is -0.490 e. The van der Waals surface area contributed by atoms with Gasteiger partial charge in [-0.3, -0.25) is 9.59 Å². The predicted molar refractivity (Wildman–Crippen MR) is 179 cm³/mol. The average molecular weight is 672 g/mol. The maximum absolute atomic E-state index is 13.5. The highest BCUT2D eigenvalue weighted by Crippen LogP contribution is 2.49. The first kappa shape index (κ1) is 33.1. The van der Waals surface area contributed by atoms with Crippen LogP contribution in [-0.2, 0) is 26.7 Å². The summed E-state index contributed by atoms with van der Waals surface area (Å²) in [5.41, 5.74) is 1.88. The Labute approximate surface area is 277 Å². The van der Waals surface area contributed by atoms with Crippen LogP contribution in [0.4, 0.5) is 5.69 Å². The minimum atomic E-state index is -3.98. The normalized spacial score (nSPS) is 32.5. The van der Waals surface area contributed by atoms with Gasteiger partial charge in [-0.25, -0.2) is 13.1 Å². The molecule has 46 heavy (non-hydrogen) atoms. The molecular weight excluding hydrogens is 626 g/mol. The Morgan fingerprint density at radius 3 is 2.67 bits per heavy atom. The maximum atomic E-state index is 13.5. The predicted octanol–water partition coefficient (Wildman–Crippen LogP) is 4.97. The van der Waals surface area contributed by atoms with Crippen LogP contribution in [0.5, 0.6) is 5.75 Å². The molecular formula is C35H46ClN3O6S. The Kier molecular flexibility index (Phi) is 9.10. The molecule has 2 amide bonds. The summed E-state index contributed by atoms with van der Waals surface area (Å²) in [6, 6.07) is 11.2. The van der Waals surface area contributed by atoms with Gasteiger partial charge in [0.15, 0.2) is 0 Å². The van der Waals surface area contributed by atoms with E-state index < -0.39 is 26.8 Å². The molecule has 11 heteroatoms. The first-order chi connectivity index (χ1) is 21.8. The molecule has 6 rings (SSSR count). The number of aryl methyl sites for hydroxylation is 1. The molecule has 2 aromatic rings. The molecule has 0 aromatic heterocycles. The van der Waals surface area contributed by atoms with Gasteiger partial charge < -0.3 is 20.1 Å². The highest BCUT2D eigenvalue weighted by atomic mass is 35.5. The zero-order valence-corrected chi connectivity index (χ0v) is 28.6. The molecule has 3 N–H and O–H groups in total. The lowest BCUT2D eigenvalue weighted by molar-refractivity contribution is -0.136. The van der Waals surface area contributed by atoms with Crippen LogP contribution in [0, 0.1) is 17.8 Å². The highest BCUT2D eigenvalue weighted by Gasteiger charge is 2.49. The van der Waals surface area contributed by atoms with Gasteiger partial charge in [-0.15, -0.1) is 0 Å². The molecule has 250 valence electrons. The van der Waals surface area contributed by atoms with Crippen molar-refractivity contribution in [3.05, 3.63) is 58.1 Å². The Hall–Kier alpha value is -2.82. The van der Waals surface area contributed by atoms with Crippen LogP contribution in [0.25, 0.3) is 0 Å². The number of sulfonamides is 1. The number of fused-ring (bicyclic) bond motifs is 4.